The van der Waals surface area contributed by atoms with Gasteiger partial charge >= 0.3 is 0 Å². The summed E-state index contributed by atoms with van der Waals surface area (Å²) in [5, 5.41) is 51.0. The molecule has 20 heteroatoms. The third-order valence-electron chi connectivity index (χ3n) is 35.7. The summed E-state index contributed by atoms with van der Waals surface area (Å²) in [5.41, 5.74) is 24.7. The standard InChI is InChI=1S/2C18H22N2O.C18H20N2O.2C17H20N2O.C17H18N2O.5CH4.I2.3H2/c3*1-18-12-5-4-9-19(18)10-8-14-13-6-2-3-7-15(13)20(17(14)18)16(21)11-12;3*20-15-10-11-4-3-8-18-9-7-13-12-5-1-2-6-14(12)19(15)17(13)16(11)18;;;;;;1-2;;;/h2*2-3,6-7,12,16,21H,4-5,8-11H2,1H3;2-3,6-7,12H,4-5,8-11H2,1H3;2*1-2,5-6,11,15-16,20H,3-4,7-10H2;1-2,5-6,11,16H,3-4,7-10H2;5*1H4;;3*1H/t12-,16+,18+;12-,16-,18+;12-,18+;11-,15+,16+;11-,15-,16+;11-,16+;;;;;;;;;/m000111........./s1. The summed E-state index contributed by atoms with van der Waals surface area (Å²) in [5.74, 6) is 4.14. The van der Waals surface area contributed by atoms with Crippen molar-refractivity contribution >= 4 is 114 Å². The van der Waals surface area contributed by atoms with Crippen molar-refractivity contribution in [1.82, 2.24) is 56.8 Å². The first-order valence-electron chi connectivity index (χ1n) is 48.3. The molecule has 6 aromatic carbocycles. The Hall–Kier alpha value is -7.04. The quantitative estimate of drug-likeness (QED) is 0.106. The Balaban J connectivity index is 0.000000114. The minimum atomic E-state index is -0.352. The summed E-state index contributed by atoms with van der Waals surface area (Å²) in [7, 11) is 0. The van der Waals surface area contributed by atoms with Crippen molar-refractivity contribution in [2.75, 3.05) is 78.5 Å². The molecule has 0 bridgehead atoms. The number of aliphatic hydroxyl groups is 4. The van der Waals surface area contributed by atoms with Gasteiger partial charge in [-0.05, 0) is 307 Å². The highest BCUT2D eigenvalue weighted by atomic mass is 128. The second kappa shape index (κ2) is 35.6. The van der Waals surface area contributed by atoms with Gasteiger partial charge in [-0.1, -0.05) is 146 Å². The average molecular weight is 1990 g/mol. The first kappa shape index (κ1) is 92.0. The summed E-state index contributed by atoms with van der Waals surface area (Å²) in [4.78, 5) is 41.4. The number of aromatic nitrogens is 6. The Morgan fingerprint density at radius 2 is 0.592 bits per heavy atom. The molecule has 698 valence electrons. The van der Waals surface area contributed by atoms with Crippen molar-refractivity contribution in [2.45, 2.75) is 272 Å². The zero-order valence-corrected chi connectivity index (χ0v) is 77.4. The molecule has 130 heavy (non-hydrogen) atoms. The Labute approximate surface area is 798 Å². The molecule has 12 aromatic rings. The van der Waals surface area contributed by atoms with E-state index in [1.54, 1.807) is 0 Å². The lowest BCUT2D eigenvalue weighted by atomic mass is 9.68. The second-order valence-corrected chi connectivity index (χ2v) is 41.0. The number of aliphatic hydroxyl groups excluding tert-OH is 4. The molecule has 18 aliphatic rings. The van der Waals surface area contributed by atoms with Crippen LogP contribution in [-0.2, 0) is 55.1 Å². The van der Waals surface area contributed by atoms with Gasteiger partial charge in [-0.3, -0.25) is 48.1 Å². The zero-order valence-electron chi connectivity index (χ0n) is 73.0. The lowest BCUT2D eigenvalue weighted by molar-refractivity contribution is -0.0717. The van der Waals surface area contributed by atoms with E-state index in [9.17, 15) is 30.0 Å². The van der Waals surface area contributed by atoms with Crippen molar-refractivity contribution < 1.29 is 34.3 Å². The molecule has 4 N–H and O–H groups in total. The molecular formula is C110H148I2N12O6. The highest BCUT2D eigenvalue weighted by Gasteiger charge is 2.58. The van der Waals surface area contributed by atoms with Crippen LogP contribution in [0.4, 0.5) is 0 Å². The zero-order chi connectivity index (χ0) is 84.4. The summed E-state index contributed by atoms with van der Waals surface area (Å²) in [6.45, 7) is 21.6. The highest BCUT2D eigenvalue weighted by molar-refractivity contribution is 15.0. The predicted molar refractivity (Wildman–Crippen MR) is 552 cm³/mol. The third kappa shape index (κ3) is 13.5. The minimum absolute atomic E-state index is 0. The van der Waals surface area contributed by atoms with Crippen LogP contribution in [0.5, 0.6) is 0 Å². The van der Waals surface area contributed by atoms with Gasteiger partial charge < -0.3 is 38.7 Å². The Kier molecular flexibility index (Phi) is 25.2. The van der Waals surface area contributed by atoms with E-state index >= 15 is 0 Å². The van der Waals surface area contributed by atoms with Crippen LogP contribution in [0.1, 0.15) is 298 Å². The van der Waals surface area contributed by atoms with E-state index in [-0.39, 0.29) is 82.9 Å². The minimum Gasteiger partial charge on any atom is -0.373 e. The van der Waals surface area contributed by atoms with Gasteiger partial charge in [-0.15, -0.1) is 0 Å². The number of rotatable bonds is 0. The average Bonchev–Trinajstić information content (AvgIpc) is 1.63. The first-order chi connectivity index (χ1) is 61.2. The molecule has 0 unspecified atom stereocenters. The van der Waals surface area contributed by atoms with Gasteiger partial charge in [0, 0.05) is 154 Å². The van der Waals surface area contributed by atoms with E-state index in [0.717, 1.165) is 94.8 Å². The molecule has 6 fully saturated rings. The summed E-state index contributed by atoms with van der Waals surface area (Å²) in [6, 6.07) is 53.0. The van der Waals surface area contributed by atoms with E-state index in [4.69, 9.17) is 0 Å². The van der Waals surface area contributed by atoms with Gasteiger partial charge in [0.05, 0.1) is 73.5 Å². The fraction of sp³-hybridized carbons (Fsp3) is 0.545. The molecular weight excluding hydrogens is 1840 g/mol. The molecule has 24 heterocycles. The number of nitrogens with zero attached hydrogens (tertiary/aromatic N) is 12. The number of halogens is 2. The second-order valence-electron chi connectivity index (χ2n) is 41.0. The van der Waals surface area contributed by atoms with Crippen molar-refractivity contribution in [3.05, 3.63) is 213 Å². The van der Waals surface area contributed by atoms with Crippen molar-refractivity contribution in [3.63, 3.8) is 0 Å². The summed E-state index contributed by atoms with van der Waals surface area (Å²) in [6.07, 6.45) is 25.5. The molecule has 0 radical (unpaired) electrons. The maximum atomic E-state index is 12.8. The number of benzene rings is 6. The molecule has 0 saturated carbocycles. The number of fused-ring (bicyclic) bond motifs is 18. The van der Waals surface area contributed by atoms with Gasteiger partial charge in [0.15, 0.2) is 0 Å². The van der Waals surface area contributed by atoms with E-state index in [1.807, 2.05) is 4.57 Å². The largest absolute Gasteiger partial charge is 0.373 e. The number of carbonyl (C=O) groups excluding carboxylic acids is 2. The Morgan fingerprint density at radius 3 is 1.02 bits per heavy atom. The fourth-order valence-electron chi connectivity index (χ4n) is 30.6. The maximum absolute atomic E-state index is 12.8. The van der Waals surface area contributed by atoms with E-state index in [2.05, 4.69) is 256 Å². The van der Waals surface area contributed by atoms with Crippen molar-refractivity contribution in [2.24, 2.45) is 35.5 Å². The van der Waals surface area contributed by atoms with Gasteiger partial charge in [0.1, 0.15) is 24.9 Å². The number of para-hydroxylation sites is 6. The molecule has 6 saturated heterocycles. The lowest BCUT2D eigenvalue weighted by Crippen LogP contribution is -2.59. The van der Waals surface area contributed by atoms with E-state index < -0.39 is 0 Å². The normalized spacial score (nSPS) is 30.8. The van der Waals surface area contributed by atoms with Crippen LogP contribution in [0.25, 0.3) is 65.4 Å². The van der Waals surface area contributed by atoms with Crippen LogP contribution < -0.4 is 0 Å². The van der Waals surface area contributed by atoms with Crippen molar-refractivity contribution in [1.29, 1.82) is 0 Å². The Morgan fingerprint density at radius 1 is 0.300 bits per heavy atom. The van der Waals surface area contributed by atoms with Crippen LogP contribution in [0, 0.1) is 35.5 Å². The van der Waals surface area contributed by atoms with Crippen LogP contribution in [0.15, 0.2) is 146 Å². The van der Waals surface area contributed by atoms with Crippen LogP contribution in [0.3, 0.4) is 0 Å². The number of carbonyl (C=O) groups is 2. The van der Waals surface area contributed by atoms with Crippen LogP contribution in [-0.4, -0.2) is 168 Å². The van der Waals surface area contributed by atoms with Gasteiger partial charge in [0.25, 0.3) is 0 Å². The predicted octanol–water partition coefficient (Wildman–Crippen LogP) is 23.6. The maximum Gasteiger partial charge on any atom is 0.231 e. The van der Waals surface area contributed by atoms with Gasteiger partial charge in [-0.25, -0.2) is 0 Å². The van der Waals surface area contributed by atoms with Crippen LogP contribution >= 0.6 is 37.2 Å². The van der Waals surface area contributed by atoms with E-state index in [0.29, 0.717) is 71.9 Å². The molecule has 0 aliphatic carbocycles. The molecule has 0 spiro atoms. The molecule has 16 atom stereocenters. The van der Waals surface area contributed by atoms with Crippen LogP contribution in [0.2, 0.25) is 0 Å². The SMILES string of the molecule is C.C.C.C.C.C[C@]12c3c4c5ccccc5n3C(=O)C[C@@H]1CCCN2CC4.C[C@]12c3c4c5ccccc5n3[C@@H](O)C[C@@H]1CCCN2CC4.C[C@]12c3c4c5ccccc5n3[C@H](O)C[C@@H]1CCCN2CC4.II.O=C1C[C@H]2CCCN3CCc4c(n1c1ccccc41)[C@H]23.O[C@@H]1C[C@H]2CCCN3CCc4c(n1c1ccccc41)[C@H]23.O[C@H]1C[C@H]2CCCN3CCc4c(n1c1ccccc41)[C@H]23.[HH].[HH].[HH]. The molecule has 18 aliphatic heterocycles. The first-order valence-corrected chi connectivity index (χ1v) is 54.6. The summed E-state index contributed by atoms with van der Waals surface area (Å²) < 4.78 is 13.1. The number of hydrogen-bond donors (Lipinski definition) is 4. The van der Waals surface area contributed by atoms with E-state index in [1.165, 1.54) is 264 Å². The van der Waals surface area contributed by atoms with Gasteiger partial charge in [-0.2, -0.15) is 0 Å². The third-order valence-corrected chi connectivity index (χ3v) is 35.7. The molecule has 18 nitrogen and oxygen atoms in total. The van der Waals surface area contributed by atoms with Gasteiger partial charge in [0.2, 0.25) is 11.8 Å². The molecule has 30 rings (SSSR count). The number of hydrogen-bond acceptors (Lipinski definition) is 12. The fourth-order valence-corrected chi connectivity index (χ4v) is 30.6. The molecule has 0 amide bonds. The lowest BCUT2D eigenvalue weighted by Gasteiger charge is -2.56. The highest BCUT2D eigenvalue weighted by Crippen LogP contribution is 2.60. The molecule has 6 aromatic heterocycles. The monoisotopic (exact) mass is 1990 g/mol. The number of piperidine rings is 6. The Bertz CT molecular complexity index is 6080. The smallest absolute Gasteiger partial charge is 0.231 e. The van der Waals surface area contributed by atoms with Crippen molar-refractivity contribution in [3.8, 4) is 0 Å². The summed E-state index contributed by atoms with van der Waals surface area (Å²) >= 11 is 4.24. The topological polar surface area (TPSA) is 164 Å².